The molecule has 2 aromatic rings. The van der Waals surface area contributed by atoms with Crippen molar-refractivity contribution in [2.75, 3.05) is 6.61 Å². The molecule has 2 heterocycles. The summed E-state index contributed by atoms with van der Waals surface area (Å²) in [6, 6.07) is 6.69. The molecule has 0 N–H and O–H groups in total. The van der Waals surface area contributed by atoms with E-state index in [1.165, 1.54) is 11.3 Å². The molecule has 0 bridgehead atoms. The van der Waals surface area contributed by atoms with Gasteiger partial charge in [-0.15, -0.1) is 22.7 Å². The minimum absolute atomic E-state index is 0.0325. The quantitative estimate of drug-likeness (QED) is 0.566. The number of halogens is 1. The molecular formula is C14H11ClO4S2. The molecule has 7 heteroatoms. The van der Waals surface area contributed by atoms with Crippen LogP contribution in [0, 0.1) is 0 Å². The highest BCUT2D eigenvalue weighted by atomic mass is 35.5. The van der Waals surface area contributed by atoms with Crippen LogP contribution in [0.3, 0.4) is 0 Å². The number of rotatable bonds is 7. The minimum Gasteiger partial charge on any atom is -0.457 e. The van der Waals surface area contributed by atoms with Crippen LogP contribution >= 0.6 is 34.3 Å². The van der Waals surface area contributed by atoms with Gasteiger partial charge >= 0.3 is 5.97 Å². The van der Waals surface area contributed by atoms with Gasteiger partial charge in [-0.05, 0) is 23.6 Å². The Morgan fingerprint density at radius 2 is 1.86 bits per heavy atom. The third kappa shape index (κ3) is 4.77. The van der Waals surface area contributed by atoms with E-state index in [1.54, 1.807) is 29.6 Å². The Labute approximate surface area is 134 Å². The summed E-state index contributed by atoms with van der Waals surface area (Å²) in [7, 11) is 0. The van der Waals surface area contributed by atoms with Crippen molar-refractivity contribution in [3.63, 3.8) is 0 Å². The summed E-state index contributed by atoms with van der Waals surface area (Å²) >= 11 is 8.19. The Morgan fingerprint density at radius 1 is 1.05 bits per heavy atom. The lowest BCUT2D eigenvalue weighted by molar-refractivity contribution is -0.142. The summed E-state index contributed by atoms with van der Waals surface area (Å²) < 4.78 is 5.37. The van der Waals surface area contributed by atoms with E-state index in [9.17, 15) is 14.4 Å². The van der Waals surface area contributed by atoms with E-state index >= 15 is 0 Å². The highest BCUT2D eigenvalue weighted by Gasteiger charge is 2.14. The van der Waals surface area contributed by atoms with Crippen molar-refractivity contribution in [2.45, 2.75) is 12.8 Å². The van der Waals surface area contributed by atoms with E-state index < -0.39 is 5.97 Å². The van der Waals surface area contributed by atoms with Crippen molar-refractivity contribution in [2.24, 2.45) is 0 Å². The van der Waals surface area contributed by atoms with Crippen LogP contribution in [0.1, 0.15) is 32.2 Å². The zero-order chi connectivity index (χ0) is 15.2. The van der Waals surface area contributed by atoms with Gasteiger partial charge in [0.1, 0.15) is 0 Å². The van der Waals surface area contributed by atoms with Crippen LogP contribution in [0.25, 0.3) is 0 Å². The molecule has 0 fully saturated rings. The third-order valence-corrected chi connectivity index (χ3v) is 4.75. The lowest BCUT2D eigenvalue weighted by Crippen LogP contribution is -2.14. The Kier molecular flexibility index (Phi) is 5.67. The van der Waals surface area contributed by atoms with E-state index in [2.05, 4.69) is 0 Å². The molecule has 0 aliphatic heterocycles. The average molecular weight is 343 g/mol. The predicted molar refractivity (Wildman–Crippen MR) is 82.5 cm³/mol. The standard InChI is InChI=1S/C14H11ClO4S2/c15-13-5-4-12(21-13)10(17)8-19-14(18)6-3-9(16)11-2-1-7-20-11/h1-2,4-5,7H,3,6,8H2. The second kappa shape index (κ2) is 7.49. The molecule has 0 radical (unpaired) electrons. The summed E-state index contributed by atoms with van der Waals surface area (Å²) in [5.41, 5.74) is 0. The van der Waals surface area contributed by atoms with Crippen molar-refractivity contribution >= 4 is 51.8 Å². The Hall–Kier alpha value is -1.50. The first kappa shape index (κ1) is 15.9. The molecular weight excluding hydrogens is 332 g/mol. The first-order valence-electron chi connectivity index (χ1n) is 6.07. The lowest BCUT2D eigenvalue weighted by atomic mass is 10.2. The maximum absolute atomic E-state index is 11.7. The molecule has 2 rings (SSSR count). The number of Topliss-reactive ketones (excluding diaryl/α,β-unsaturated/α-hetero) is 2. The normalized spacial score (nSPS) is 10.3. The van der Waals surface area contributed by atoms with Gasteiger partial charge in [0.15, 0.2) is 12.4 Å². The number of carbonyl (C=O) groups excluding carboxylic acids is 3. The summed E-state index contributed by atoms with van der Waals surface area (Å²) in [5, 5.41) is 1.80. The van der Waals surface area contributed by atoms with Crippen molar-refractivity contribution < 1.29 is 19.1 Å². The fourth-order valence-corrected chi connectivity index (χ4v) is 3.19. The highest BCUT2D eigenvalue weighted by Crippen LogP contribution is 2.21. The smallest absolute Gasteiger partial charge is 0.306 e. The Bertz CT molecular complexity index is 646. The van der Waals surface area contributed by atoms with Gasteiger partial charge in [-0.2, -0.15) is 0 Å². The number of carbonyl (C=O) groups is 3. The van der Waals surface area contributed by atoms with Gasteiger partial charge in [-0.1, -0.05) is 17.7 Å². The van der Waals surface area contributed by atoms with Crippen molar-refractivity contribution in [3.05, 3.63) is 43.7 Å². The molecule has 0 saturated carbocycles. The molecule has 0 unspecified atom stereocenters. The number of hydrogen-bond donors (Lipinski definition) is 0. The maximum Gasteiger partial charge on any atom is 0.306 e. The van der Waals surface area contributed by atoms with E-state index in [0.717, 1.165) is 11.3 Å². The zero-order valence-corrected chi connectivity index (χ0v) is 13.2. The molecule has 0 atom stereocenters. The van der Waals surface area contributed by atoms with Gasteiger partial charge < -0.3 is 4.74 Å². The lowest BCUT2D eigenvalue weighted by Gasteiger charge is -2.02. The molecule has 0 amide bonds. The second-order valence-corrected chi connectivity index (χ2v) is 6.75. The van der Waals surface area contributed by atoms with Crippen molar-refractivity contribution in [3.8, 4) is 0 Å². The first-order chi connectivity index (χ1) is 10.1. The van der Waals surface area contributed by atoms with Gasteiger partial charge in [0.05, 0.1) is 20.5 Å². The van der Waals surface area contributed by atoms with Crippen LogP contribution in [0.4, 0.5) is 0 Å². The zero-order valence-electron chi connectivity index (χ0n) is 10.8. The van der Waals surface area contributed by atoms with Crippen LogP contribution < -0.4 is 0 Å². The number of thiophene rings is 2. The fourth-order valence-electron chi connectivity index (χ4n) is 1.53. The molecule has 4 nitrogen and oxygen atoms in total. The van der Waals surface area contributed by atoms with Gasteiger partial charge in [0, 0.05) is 6.42 Å². The van der Waals surface area contributed by atoms with E-state index in [-0.39, 0.29) is 31.0 Å². The molecule has 110 valence electrons. The van der Waals surface area contributed by atoms with Crippen molar-refractivity contribution in [1.29, 1.82) is 0 Å². The van der Waals surface area contributed by atoms with Crippen LogP contribution in [-0.4, -0.2) is 24.1 Å². The SMILES string of the molecule is O=C(CCC(=O)c1cccs1)OCC(=O)c1ccc(Cl)s1. The molecule has 0 aliphatic rings. The monoisotopic (exact) mass is 342 g/mol. The van der Waals surface area contributed by atoms with Crippen LogP contribution in [-0.2, 0) is 9.53 Å². The molecule has 0 spiro atoms. The van der Waals surface area contributed by atoms with Gasteiger partial charge in [0.25, 0.3) is 0 Å². The number of ketones is 2. The molecule has 2 aromatic heterocycles. The molecule has 0 saturated heterocycles. The summed E-state index contributed by atoms with van der Waals surface area (Å²) in [4.78, 5) is 36.0. The number of esters is 1. The Morgan fingerprint density at radius 3 is 2.48 bits per heavy atom. The van der Waals surface area contributed by atoms with E-state index in [4.69, 9.17) is 16.3 Å². The average Bonchev–Trinajstić information content (AvgIpc) is 3.13. The van der Waals surface area contributed by atoms with Gasteiger partial charge in [0.2, 0.25) is 5.78 Å². The van der Waals surface area contributed by atoms with Gasteiger partial charge in [-0.25, -0.2) is 0 Å². The van der Waals surface area contributed by atoms with E-state index in [0.29, 0.717) is 14.1 Å². The largest absolute Gasteiger partial charge is 0.457 e. The molecule has 21 heavy (non-hydrogen) atoms. The second-order valence-electron chi connectivity index (χ2n) is 4.09. The summed E-state index contributed by atoms with van der Waals surface area (Å²) in [5.74, 6) is -0.959. The van der Waals surface area contributed by atoms with Gasteiger partial charge in [-0.3, -0.25) is 14.4 Å². The fraction of sp³-hybridized carbons (Fsp3) is 0.214. The first-order valence-corrected chi connectivity index (χ1v) is 8.14. The topological polar surface area (TPSA) is 60.4 Å². The summed E-state index contributed by atoms with van der Waals surface area (Å²) in [6.45, 7) is -0.330. The van der Waals surface area contributed by atoms with Crippen LogP contribution in [0.2, 0.25) is 4.34 Å². The van der Waals surface area contributed by atoms with Crippen LogP contribution in [0.15, 0.2) is 29.6 Å². The van der Waals surface area contributed by atoms with Crippen molar-refractivity contribution in [1.82, 2.24) is 0 Å². The molecule has 0 aliphatic carbocycles. The highest BCUT2D eigenvalue weighted by molar-refractivity contribution is 7.18. The third-order valence-electron chi connectivity index (χ3n) is 2.56. The van der Waals surface area contributed by atoms with Crippen LogP contribution in [0.5, 0.6) is 0 Å². The minimum atomic E-state index is -0.559. The number of hydrogen-bond acceptors (Lipinski definition) is 6. The Balaban J connectivity index is 1.72. The maximum atomic E-state index is 11.7. The summed E-state index contributed by atoms with van der Waals surface area (Å²) in [6.07, 6.45) is 0.0492. The molecule has 0 aromatic carbocycles. The number of ether oxygens (including phenoxy) is 1. The predicted octanol–water partition coefficient (Wildman–Crippen LogP) is 3.85. The van der Waals surface area contributed by atoms with E-state index in [1.807, 2.05) is 0 Å².